The second-order valence-corrected chi connectivity index (χ2v) is 5.87. The number of hydrogen-bond acceptors (Lipinski definition) is 3. The Bertz CT molecular complexity index is 699. The van der Waals surface area contributed by atoms with Gasteiger partial charge in [0.05, 0.1) is 6.10 Å². The number of carbonyl (C=O) groups is 1. The molecule has 4 heteroatoms. The molecule has 1 unspecified atom stereocenters. The SMILES string of the molecule is Cc1cc(C)c(C(=O)c2ccccc2C(C)OP=O)c(C)c1. The van der Waals surface area contributed by atoms with E-state index in [0.29, 0.717) is 5.56 Å². The zero-order valence-electron chi connectivity index (χ0n) is 13.2. The van der Waals surface area contributed by atoms with Crippen LogP contribution in [0.15, 0.2) is 36.4 Å². The molecule has 0 amide bonds. The molecule has 0 N–H and O–H groups in total. The summed E-state index contributed by atoms with van der Waals surface area (Å²) in [5.41, 5.74) is 5.14. The fraction of sp³-hybridized carbons (Fsp3) is 0.278. The van der Waals surface area contributed by atoms with Crippen LogP contribution in [0, 0.1) is 20.8 Å². The van der Waals surface area contributed by atoms with E-state index in [1.165, 1.54) is 0 Å². The predicted molar refractivity (Wildman–Crippen MR) is 87.6 cm³/mol. The van der Waals surface area contributed by atoms with Crippen LogP contribution >= 0.6 is 8.69 Å². The number of rotatable bonds is 5. The second-order valence-electron chi connectivity index (χ2n) is 5.51. The Morgan fingerprint density at radius 2 is 1.68 bits per heavy atom. The molecule has 2 rings (SSSR count). The molecule has 3 nitrogen and oxygen atoms in total. The number of carbonyl (C=O) groups excluding carboxylic acids is 1. The Hall–Kier alpha value is -1.83. The second kappa shape index (κ2) is 6.95. The van der Waals surface area contributed by atoms with Crippen molar-refractivity contribution in [3.63, 3.8) is 0 Å². The fourth-order valence-electron chi connectivity index (χ4n) is 2.85. The molecule has 0 bridgehead atoms. The largest absolute Gasteiger partial charge is 0.327 e. The summed E-state index contributed by atoms with van der Waals surface area (Å²) in [5, 5.41) is 0. The van der Waals surface area contributed by atoms with E-state index in [2.05, 4.69) is 0 Å². The molecule has 114 valence electrons. The first-order valence-corrected chi connectivity index (χ1v) is 7.88. The molecule has 0 fully saturated rings. The molecular formula is C18H19O3P. The van der Waals surface area contributed by atoms with E-state index in [4.69, 9.17) is 4.52 Å². The topological polar surface area (TPSA) is 43.4 Å². The Morgan fingerprint density at radius 1 is 1.09 bits per heavy atom. The lowest BCUT2D eigenvalue weighted by Crippen LogP contribution is -2.11. The lowest BCUT2D eigenvalue weighted by atomic mass is 9.90. The molecular weight excluding hydrogens is 295 g/mol. The van der Waals surface area contributed by atoms with Crippen molar-refractivity contribution in [3.8, 4) is 0 Å². The van der Waals surface area contributed by atoms with Crippen molar-refractivity contribution in [2.45, 2.75) is 33.8 Å². The van der Waals surface area contributed by atoms with E-state index in [1.807, 2.05) is 51.1 Å². The average molecular weight is 314 g/mol. The highest BCUT2D eigenvalue weighted by molar-refractivity contribution is 7.17. The van der Waals surface area contributed by atoms with Gasteiger partial charge >= 0.3 is 8.69 Å². The van der Waals surface area contributed by atoms with Gasteiger partial charge in [-0.15, -0.1) is 0 Å². The van der Waals surface area contributed by atoms with Crippen molar-refractivity contribution in [2.75, 3.05) is 0 Å². The van der Waals surface area contributed by atoms with Gasteiger partial charge in [0.25, 0.3) is 0 Å². The smallest absolute Gasteiger partial charge is 0.289 e. The third kappa shape index (κ3) is 3.32. The van der Waals surface area contributed by atoms with Crippen molar-refractivity contribution >= 4 is 14.5 Å². The quantitative estimate of drug-likeness (QED) is 0.568. The summed E-state index contributed by atoms with van der Waals surface area (Å²) in [6.07, 6.45) is -0.412. The van der Waals surface area contributed by atoms with Crippen LogP contribution in [0.4, 0.5) is 0 Å². The fourth-order valence-corrected chi connectivity index (χ4v) is 3.10. The van der Waals surface area contributed by atoms with Gasteiger partial charge in [0.15, 0.2) is 5.78 Å². The third-order valence-corrected chi connectivity index (χ3v) is 4.15. The molecule has 2 aromatic carbocycles. The van der Waals surface area contributed by atoms with Crippen LogP contribution in [0.2, 0.25) is 0 Å². The van der Waals surface area contributed by atoms with Gasteiger partial charge in [0.2, 0.25) is 0 Å². The van der Waals surface area contributed by atoms with Gasteiger partial charge in [-0.3, -0.25) is 9.32 Å². The van der Waals surface area contributed by atoms with E-state index in [1.54, 1.807) is 13.0 Å². The molecule has 0 saturated heterocycles. The maximum absolute atomic E-state index is 13.0. The van der Waals surface area contributed by atoms with Crippen LogP contribution < -0.4 is 0 Å². The lowest BCUT2D eigenvalue weighted by molar-refractivity contribution is 0.103. The molecule has 0 aliphatic carbocycles. The van der Waals surface area contributed by atoms with E-state index >= 15 is 0 Å². The van der Waals surface area contributed by atoms with Gasteiger partial charge in [-0.05, 0) is 44.4 Å². The van der Waals surface area contributed by atoms with Gasteiger partial charge in [0, 0.05) is 11.1 Å². The van der Waals surface area contributed by atoms with Crippen LogP contribution in [-0.2, 0) is 9.09 Å². The molecule has 0 spiro atoms. The molecule has 0 aromatic heterocycles. The minimum absolute atomic E-state index is 0.0244. The number of ketones is 1. The Labute approximate surface area is 132 Å². The van der Waals surface area contributed by atoms with Crippen LogP contribution in [-0.4, -0.2) is 5.78 Å². The zero-order chi connectivity index (χ0) is 16.3. The maximum Gasteiger partial charge on any atom is 0.327 e. The molecule has 0 radical (unpaired) electrons. The summed E-state index contributed by atoms with van der Waals surface area (Å²) < 4.78 is 15.8. The highest BCUT2D eigenvalue weighted by Gasteiger charge is 2.20. The van der Waals surface area contributed by atoms with Crippen molar-refractivity contribution in [2.24, 2.45) is 0 Å². The van der Waals surface area contributed by atoms with Gasteiger partial charge in [-0.25, -0.2) is 4.57 Å². The Balaban J connectivity index is 2.54. The van der Waals surface area contributed by atoms with Gasteiger partial charge < -0.3 is 0 Å². The summed E-state index contributed by atoms with van der Waals surface area (Å²) in [6, 6.07) is 11.3. The first kappa shape index (κ1) is 16.5. The maximum atomic E-state index is 13.0. The molecule has 0 aliphatic rings. The van der Waals surface area contributed by atoms with Crippen LogP contribution in [0.1, 0.15) is 51.2 Å². The third-order valence-electron chi connectivity index (χ3n) is 3.75. The molecule has 22 heavy (non-hydrogen) atoms. The monoisotopic (exact) mass is 314 g/mol. The van der Waals surface area contributed by atoms with Crippen LogP contribution in [0.25, 0.3) is 0 Å². The van der Waals surface area contributed by atoms with Crippen LogP contribution in [0.5, 0.6) is 0 Å². The first-order valence-electron chi connectivity index (χ1n) is 7.15. The van der Waals surface area contributed by atoms with Crippen molar-refractivity contribution in [1.29, 1.82) is 0 Å². The minimum atomic E-state index is -0.412. The lowest BCUT2D eigenvalue weighted by Gasteiger charge is -2.15. The van der Waals surface area contributed by atoms with E-state index in [-0.39, 0.29) is 14.5 Å². The van der Waals surface area contributed by atoms with E-state index < -0.39 is 6.10 Å². The molecule has 0 saturated carbocycles. The standard InChI is InChI=1S/C18H19O3P/c1-11-9-12(2)17(13(3)10-11)18(19)16-8-6-5-7-15(16)14(4)21-22-20/h5-10,14H,1-4H3. The summed E-state index contributed by atoms with van der Waals surface area (Å²) in [4.78, 5) is 13.0. The van der Waals surface area contributed by atoms with E-state index in [9.17, 15) is 9.36 Å². The van der Waals surface area contributed by atoms with Crippen molar-refractivity contribution in [1.82, 2.24) is 0 Å². The van der Waals surface area contributed by atoms with Gasteiger partial charge in [0.1, 0.15) is 0 Å². The highest BCUT2D eigenvalue weighted by Crippen LogP contribution is 2.28. The summed E-state index contributed by atoms with van der Waals surface area (Å²) in [5.74, 6) is -0.0244. The van der Waals surface area contributed by atoms with Crippen LogP contribution in [0.3, 0.4) is 0 Å². The predicted octanol–water partition coefficient (Wildman–Crippen LogP) is 5.13. The van der Waals surface area contributed by atoms with E-state index in [0.717, 1.165) is 27.8 Å². The van der Waals surface area contributed by atoms with Gasteiger partial charge in [-0.1, -0.05) is 42.0 Å². The summed E-state index contributed by atoms with van der Waals surface area (Å²) >= 11 is 0. The first-order chi connectivity index (χ1) is 10.5. The molecule has 2 aromatic rings. The number of aryl methyl sites for hydroxylation is 3. The highest BCUT2D eigenvalue weighted by atomic mass is 31.1. The Kier molecular flexibility index (Phi) is 5.23. The number of hydrogen-bond donors (Lipinski definition) is 0. The average Bonchev–Trinajstić information content (AvgIpc) is 2.46. The van der Waals surface area contributed by atoms with Crippen molar-refractivity contribution < 1.29 is 13.9 Å². The van der Waals surface area contributed by atoms with Gasteiger partial charge in [-0.2, -0.15) is 0 Å². The summed E-state index contributed by atoms with van der Waals surface area (Å²) in [6.45, 7) is 7.70. The number of benzene rings is 2. The Morgan fingerprint density at radius 3 is 2.27 bits per heavy atom. The molecule has 0 aliphatic heterocycles. The minimum Gasteiger partial charge on any atom is -0.289 e. The zero-order valence-corrected chi connectivity index (χ0v) is 14.1. The normalized spacial score (nSPS) is 12.4. The molecule has 1 atom stereocenters. The summed E-state index contributed by atoms with van der Waals surface area (Å²) in [7, 11) is -0.390. The molecule has 0 heterocycles. The van der Waals surface area contributed by atoms with Crippen molar-refractivity contribution in [3.05, 3.63) is 69.8 Å².